The Bertz CT molecular complexity index is 275. The Kier molecular flexibility index (Phi) is 15.0. The summed E-state index contributed by atoms with van der Waals surface area (Å²) in [5, 5.41) is 0. The molecule has 0 unspecified atom stereocenters. The molecule has 146 valence electrons. The highest BCUT2D eigenvalue weighted by atomic mass is 35.5. The van der Waals surface area contributed by atoms with E-state index in [1.54, 1.807) is 0 Å². The van der Waals surface area contributed by atoms with Gasteiger partial charge in [-0.05, 0) is 53.1 Å². The Morgan fingerprint density at radius 1 is 0.583 bits per heavy atom. The van der Waals surface area contributed by atoms with Crippen molar-refractivity contribution in [2.75, 3.05) is 38.9 Å². The molecule has 8 heteroatoms. The van der Waals surface area contributed by atoms with Crippen molar-refractivity contribution < 1.29 is 22.1 Å². The van der Waals surface area contributed by atoms with Gasteiger partial charge in [0, 0.05) is 45.0 Å². The molecular formula is C16H37ClO5Si2. The predicted molar refractivity (Wildman–Crippen MR) is 104 cm³/mol. The maximum atomic E-state index is 6.18. The van der Waals surface area contributed by atoms with E-state index in [1.165, 1.54) is 0 Å². The maximum Gasteiger partial charge on any atom is 0.500 e. The molecule has 0 saturated heterocycles. The van der Waals surface area contributed by atoms with Crippen LogP contribution in [0, 0.1) is 0 Å². The lowest BCUT2D eigenvalue weighted by atomic mass is 10.4. The molecule has 0 fully saturated rings. The van der Waals surface area contributed by atoms with Gasteiger partial charge in [0.1, 0.15) is 0 Å². The van der Waals surface area contributed by atoms with Crippen LogP contribution in [0.4, 0.5) is 0 Å². The number of alkyl halides is 1. The summed E-state index contributed by atoms with van der Waals surface area (Å²) in [5.41, 5.74) is 0. The second-order valence-electron chi connectivity index (χ2n) is 5.40. The van der Waals surface area contributed by atoms with Crippen LogP contribution in [0.3, 0.4) is 0 Å². The van der Waals surface area contributed by atoms with Crippen molar-refractivity contribution >= 4 is 29.0 Å². The van der Waals surface area contributed by atoms with Crippen LogP contribution in [0.5, 0.6) is 0 Å². The van der Waals surface area contributed by atoms with Crippen molar-refractivity contribution in [1.82, 2.24) is 0 Å². The molecule has 0 bridgehead atoms. The Balaban J connectivity index is 5.10. The van der Waals surface area contributed by atoms with E-state index >= 15 is 0 Å². The topological polar surface area (TPSA) is 46.2 Å². The van der Waals surface area contributed by atoms with Crippen LogP contribution in [-0.4, -0.2) is 56.3 Å². The standard InChI is InChI=1S/C16H37ClO5Si2/c1-6-18-23(19-7-2,14-12-11-13-17)15-16-24(20-8-3,21-9-4)22-10-5/h6-16H2,1-5H3. The van der Waals surface area contributed by atoms with Gasteiger partial charge < -0.3 is 22.1 Å². The highest BCUT2D eigenvalue weighted by molar-refractivity contribution is 6.70. The first-order valence-electron chi connectivity index (χ1n) is 9.33. The van der Waals surface area contributed by atoms with E-state index in [2.05, 4.69) is 0 Å². The molecule has 0 aliphatic carbocycles. The normalized spacial score (nSPS) is 12.8. The fourth-order valence-electron chi connectivity index (χ4n) is 2.82. The molecule has 0 aliphatic heterocycles. The second-order valence-corrected chi connectivity index (χ2v) is 11.9. The van der Waals surface area contributed by atoms with Gasteiger partial charge in [0.15, 0.2) is 0 Å². The van der Waals surface area contributed by atoms with Gasteiger partial charge in [-0.1, -0.05) is 6.42 Å². The van der Waals surface area contributed by atoms with Crippen LogP contribution >= 0.6 is 11.6 Å². The zero-order valence-corrected chi connectivity index (χ0v) is 19.0. The van der Waals surface area contributed by atoms with Crippen molar-refractivity contribution in [3.05, 3.63) is 0 Å². The first kappa shape index (κ1) is 24.5. The molecule has 0 aromatic heterocycles. The van der Waals surface area contributed by atoms with Gasteiger partial charge in [-0.2, -0.15) is 0 Å². The molecule has 0 aromatic carbocycles. The first-order valence-corrected chi connectivity index (χ1v) is 14.0. The minimum absolute atomic E-state index is 0.594. The third-order valence-corrected chi connectivity index (χ3v) is 11.2. The summed E-state index contributed by atoms with van der Waals surface area (Å²) in [7, 11) is -4.96. The quantitative estimate of drug-likeness (QED) is 0.203. The lowest BCUT2D eigenvalue weighted by molar-refractivity contribution is 0.0711. The number of hydrogen-bond donors (Lipinski definition) is 0. The van der Waals surface area contributed by atoms with Gasteiger partial charge in [-0.3, -0.25) is 0 Å². The van der Waals surface area contributed by atoms with Gasteiger partial charge in [-0.15, -0.1) is 11.6 Å². The van der Waals surface area contributed by atoms with Gasteiger partial charge in [0.25, 0.3) is 0 Å². The number of unbranched alkanes of at least 4 members (excludes halogenated alkanes) is 1. The first-order chi connectivity index (χ1) is 11.6. The van der Waals surface area contributed by atoms with Crippen LogP contribution in [0.25, 0.3) is 0 Å². The Labute approximate surface area is 155 Å². The number of halogens is 1. The van der Waals surface area contributed by atoms with E-state index in [0.29, 0.717) is 38.9 Å². The predicted octanol–water partition coefficient (Wildman–Crippen LogP) is 4.57. The average Bonchev–Trinajstić information content (AvgIpc) is 2.55. The summed E-state index contributed by atoms with van der Waals surface area (Å²) < 4.78 is 30.3. The van der Waals surface area contributed by atoms with Crippen LogP contribution in [0.15, 0.2) is 0 Å². The maximum absolute atomic E-state index is 6.18. The molecule has 0 radical (unpaired) electrons. The molecule has 0 aliphatic rings. The molecule has 0 amide bonds. The molecule has 5 nitrogen and oxygen atoms in total. The summed E-state index contributed by atoms with van der Waals surface area (Å²) in [6, 6.07) is 2.54. The monoisotopic (exact) mass is 400 g/mol. The Morgan fingerprint density at radius 3 is 1.42 bits per heavy atom. The van der Waals surface area contributed by atoms with Crippen molar-refractivity contribution in [1.29, 1.82) is 0 Å². The van der Waals surface area contributed by atoms with Crippen molar-refractivity contribution in [3.63, 3.8) is 0 Å². The highest BCUT2D eigenvalue weighted by Gasteiger charge is 2.46. The van der Waals surface area contributed by atoms with Crippen molar-refractivity contribution in [3.8, 4) is 0 Å². The molecule has 0 heterocycles. The molecule has 0 aromatic rings. The van der Waals surface area contributed by atoms with Crippen molar-refractivity contribution in [2.24, 2.45) is 0 Å². The van der Waals surface area contributed by atoms with E-state index in [9.17, 15) is 0 Å². The SMILES string of the molecule is CCO[Si](CCCCCl)(CC[Si](OCC)(OCC)OCC)OCC. The molecule has 0 rings (SSSR count). The number of rotatable bonds is 17. The summed E-state index contributed by atoms with van der Waals surface area (Å²) >= 11 is 5.84. The summed E-state index contributed by atoms with van der Waals surface area (Å²) in [5.74, 6) is 0.679. The van der Waals surface area contributed by atoms with Gasteiger partial charge in [0.05, 0.1) is 0 Å². The van der Waals surface area contributed by atoms with Gasteiger partial charge >= 0.3 is 17.4 Å². The molecule has 0 spiro atoms. The van der Waals surface area contributed by atoms with E-state index in [1.807, 2.05) is 34.6 Å². The summed E-state index contributed by atoms with van der Waals surface area (Å²) in [6.07, 6.45) is 2.02. The third kappa shape index (κ3) is 9.28. The van der Waals surface area contributed by atoms with E-state index < -0.39 is 17.4 Å². The molecule has 0 saturated carbocycles. The fraction of sp³-hybridized carbons (Fsp3) is 1.00. The Morgan fingerprint density at radius 2 is 1.04 bits per heavy atom. The molecular weight excluding hydrogens is 364 g/mol. The zero-order chi connectivity index (χ0) is 18.3. The lowest BCUT2D eigenvalue weighted by Gasteiger charge is -2.34. The molecule has 0 atom stereocenters. The van der Waals surface area contributed by atoms with E-state index in [-0.39, 0.29) is 0 Å². The van der Waals surface area contributed by atoms with Gasteiger partial charge in [0.2, 0.25) is 0 Å². The Hall–Kier alpha value is 0.524. The minimum Gasteiger partial charge on any atom is -0.394 e. The summed E-state index contributed by atoms with van der Waals surface area (Å²) in [4.78, 5) is 0. The smallest absolute Gasteiger partial charge is 0.394 e. The van der Waals surface area contributed by atoms with Crippen LogP contribution in [0.1, 0.15) is 47.5 Å². The van der Waals surface area contributed by atoms with Crippen LogP contribution in [0.2, 0.25) is 18.1 Å². The third-order valence-electron chi connectivity index (χ3n) is 3.66. The molecule has 24 heavy (non-hydrogen) atoms. The second kappa shape index (κ2) is 14.7. The molecule has 0 N–H and O–H groups in total. The zero-order valence-electron chi connectivity index (χ0n) is 16.2. The fourth-order valence-corrected chi connectivity index (χ4v) is 10.5. The largest absolute Gasteiger partial charge is 0.500 e. The van der Waals surface area contributed by atoms with Gasteiger partial charge in [-0.25, -0.2) is 0 Å². The average molecular weight is 401 g/mol. The lowest BCUT2D eigenvalue weighted by Crippen LogP contribution is -2.50. The summed E-state index contributed by atoms with van der Waals surface area (Å²) in [6.45, 7) is 13.1. The minimum atomic E-state index is -2.66. The van der Waals surface area contributed by atoms with Crippen LogP contribution < -0.4 is 0 Å². The highest BCUT2D eigenvalue weighted by Crippen LogP contribution is 2.29. The van der Waals surface area contributed by atoms with Crippen LogP contribution in [-0.2, 0) is 22.1 Å². The van der Waals surface area contributed by atoms with E-state index in [4.69, 9.17) is 33.7 Å². The number of hydrogen-bond acceptors (Lipinski definition) is 5. The van der Waals surface area contributed by atoms with Crippen molar-refractivity contribution in [2.45, 2.75) is 65.6 Å². The van der Waals surface area contributed by atoms with E-state index in [0.717, 1.165) is 31.0 Å².